The molecular weight excluding hydrogens is 430 g/mol. The molecular formula is C16H14FIN2O2S. The third-order valence-electron chi connectivity index (χ3n) is 2.81. The zero-order chi connectivity index (χ0) is 16.8. The normalized spacial score (nSPS) is 10.0. The molecule has 2 N–H and O–H groups in total. The monoisotopic (exact) mass is 444 g/mol. The standard InChI is InChI=1S/C16H14FIN2O2S/c1-2-22-12-5-3-4-10(8-12)15(21)20-16(23)19-14-7-6-11(18)9-13(14)17/h3-9H,2H2,1H3,(H2,19,20,21,23). The minimum Gasteiger partial charge on any atom is -0.494 e. The Morgan fingerprint density at radius 2 is 2.09 bits per heavy atom. The molecule has 120 valence electrons. The summed E-state index contributed by atoms with van der Waals surface area (Å²) in [5.41, 5.74) is 0.613. The summed E-state index contributed by atoms with van der Waals surface area (Å²) in [6.07, 6.45) is 0. The quantitative estimate of drug-likeness (QED) is 0.554. The Labute approximate surface area is 152 Å². The van der Waals surface area contributed by atoms with Gasteiger partial charge in [0.25, 0.3) is 5.91 Å². The molecule has 7 heteroatoms. The van der Waals surface area contributed by atoms with E-state index in [4.69, 9.17) is 17.0 Å². The Bertz CT molecular complexity index is 740. The van der Waals surface area contributed by atoms with Gasteiger partial charge in [-0.3, -0.25) is 10.1 Å². The van der Waals surface area contributed by atoms with Gasteiger partial charge in [-0.2, -0.15) is 0 Å². The van der Waals surface area contributed by atoms with Crippen molar-refractivity contribution in [1.29, 1.82) is 0 Å². The lowest BCUT2D eigenvalue weighted by atomic mass is 10.2. The summed E-state index contributed by atoms with van der Waals surface area (Å²) in [6.45, 7) is 2.37. The summed E-state index contributed by atoms with van der Waals surface area (Å²) in [5.74, 6) is -0.232. The molecule has 2 aromatic rings. The van der Waals surface area contributed by atoms with Crippen molar-refractivity contribution in [1.82, 2.24) is 5.32 Å². The second-order valence-electron chi connectivity index (χ2n) is 4.49. The molecule has 0 aliphatic heterocycles. The summed E-state index contributed by atoms with van der Waals surface area (Å²) in [7, 11) is 0. The van der Waals surface area contributed by atoms with Crippen LogP contribution in [0.4, 0.5) is 10.1 Å². The number of ether oxygens (including phenoxy) is 1. The van der Waals surface area contributed by atoms with Gasteiger partial charge in [-0.15, -0.1) is 0 Å². The highest BCUT2D eigenvalue weighted by atomic mass is 127. The minimum atomic E-state index is -0.438. The van der Waals surface area contributed by atoms with Crippen molar-refractivity contribution in [3.63, 3.8) is 0 Å². The maximum Gasteiger partial charge on any atom is 0.257 e. The second kappa shape index (κ2) is 8.21. The van der Waals surface area contributed by atoms with E-state index in [2.05, 4.69) is 10.6 Å². The molecule has 0 radical (unpaired) electrons. The number of amides is 1. The van der Waals surface area contributed by atoms with Gasteiger partial charge in [-0.25, -0.2) is 4.39 Å². The molecule has 1 amide bonds. The number of carbonyl (C=O) groups is 1. The number of benzene rings is 2. The molecule has 0 saturated heterocycles. The van der Waals surface area contributed by atoms with E-state index < -0.39 is 11.7 Å². The van der Waals surface area contributed by atoms with Crippen molar-refractivity contribution in [2.24, 2.45) is 0 Å². The highest BCUT2D eigenvalue weighted by Crippen LogP contribution is 2.17. The van der Waals surface area contributed by atoms with Gasteiger partial charge < -0.3 is 10.1 Å². The number of anilines is 1. The van der Waals surface area contributed by atoms with Gasteiger partial charge in [0.05, 0.1) is 12.3 Å². The summed E-state index contributed by atoms with van der Waals surface area (Å²) in [4.78, 5) is 12.2. The molecule has 2 rings (SSSR count). The fraction of sp³-hybridized carbons (Fsp3) is 0.125. The number of thiocarbonyl (C=S) groups is 1. The van der Waals surface area contributed by atoms with Crippen molar-refractivity contribution in [3.8, 4) is 5.75 Å². The average Bonchev–Trinajstić information content (AvgIpc) is 2.51. The summed E-state index contributed by atoms with van der Waals surface area (Å²) in [5, 5.41) is 5.21. The summed E-state index contributed by atoms with van der Waals surface area (Å²) < 4.78 is 19.9. The Hall–Kier alpha value is -1.74. The van der Waals surface area contributed by atoms with E-state index in [0.717, 1.165) is 3.57 Å². The first-order chi connectivity index (χ1) is 11.0. The maximum absolute atomic E-state index is 13.8. The lowest BCUT2D eigenvalue weighted by Crippen LogP contribution is -2.34. The molecule has 4 nitrogen and oxygen atoms in total. The van der Waals surface area contributed by atoms with Crippen LogP contribution in [0.3, 0.4) is 0 Å². The van der Waals surface area contributed by atoms with Crippen LogP contribution >= 0.6 is 34.8 Å². The highest BCUT2D eigenvalue weighted by molar-refractivity contribution is 14.1. The molecule has 2 aromatic carbocycles. The van der Waals surface area contributed by atoms with E-state index in [-0.39, 0.29) is 10.8 Å². The topological polar surface area (TPSA) is 50.4 Å². The lowest BCUT2D eigenvalue weighted by Gasteiger charge is -2.11. The van der Waals surface area contributed by atoms with Crippen molar-refractivity contribution >= 4 is 51.5 Å². The molecule has 0 aliphatic carbocycles. The first-order valence-corrected chi connectivity index (χ1v) is 8.28. The van der Waals surface area contributed by atoms with Crippen molar-refractivity contribution in [2.75, 3.05) is 11.9 Å². The van der Waals surface area contributed by atoms with Gasteiger partial charge in [-0.05, 0) is 78.1 Å². The van der Waals surface area contributed by atoms with Crippen LogP contribution in [0.1, 0.15) is 17.3 Å². The summed E-state index contributed by atoms with van der Waals surface area (Å²) >= 11 is 7.06. The van der Waals surface area contributed by atoms with E-state index in [9.17, 15) is 9.18 Å². The SMILES string of the molecule is CCOc1cccc(C(=O)NC(=S)Nc2ccc(I)cc2F)c1. The van der Waals surface area contributed by atoms with Crippen LogP contribution < -0.4 is 15.4 Å². The molecule has 0 unspecified atom stereocenters. The van der Waals surface area contributed by atoms with E-state index in [1.54, 1.807) is 36.4 Å². The minimum absolute atomic E-state index is 0.0249. The first-order valence-electron chi connectivity index (χ1n) is 6.80. The van der Waals surface area contributed by atoms with Crippen molar-refractivity contribution in [2.45, 2.75) is 6.92 Å². The van der Waals surface area contributed by atoms with Crippen LogP contribution in [0.15, 0.2) is 42.5 Å². The molecule has 0 aromatic heterocycles. The van der Waals surface area contributed by atoms with E-state index in [0.29, 0.717) is 17.9 Å². The zero-order valence-electron chi connectivity index (χ0n) is 12.2. The molecule has 0 bridgehead atoms. The van der Waals surface area contributed by atoms with Gasteiger partial charge >= 0.3 is 0 Å². The Balaban J connectivity index is 2.02. The zero-order valence-corrected chi connectivity index (χ0v) is 15.2. The largest absolute Gasteiger partial charge is 0.494 e. The van der Waals surface area contributed by atoms with Gasteiger partial charge in [-0.1, -0.05) is 6.07 Å². The molecule has 0 spiro atoms. The average molecular weight is 444 g/mol. The number of rotatable bonds is 4. The molecule has 0 saturated carbocycles. The Kier molecular flexibility index (Phi) is 6.28. The van der Waals surface area contributed by atoms with Crippen LogP contribution in [0.2, 0.25) is 0 Å². The van der Waals surface area contributed by atoms with Gasteiger partial charge in [0.1, 0.15) is 11.6 Å². The van der Waals surface area contributed by atoms with E-state index in [1.165, 1.54) is 6.07 Å². The second-order valence-corrected chi connectivity index (χ2v) is 6.15. The maximum atomic E-state index is 13.8. The predicted molar refractivity (Wildman–Crippen MR) is 100 cm³/mol. The molecule has 23 heavy (non-hydrogen) atoms. The number of nitrogens with one attached hydrogen (secondary N) is 2. The summed E-state index contributed by atoms with van der Waals surface area (Å²) in [6, 6.07) is 11.4. The van der Waals surface area contributed by atoms with Crippen LogP contribution in [0.5, 0.6) is 5.75 Å². The van der Waals surface area contributed by atoms with Gasteiger partial charge in [0.2, 0.25) is 0 Å². The van der Waals surface area contributed by atoms with Crippen molar-refractivity contribution in [3.05, 3.63) is 57.4 Å². The van der Waals surface area contributed by atoms with Gasteiger partial charge in [0, 0.05) is 9.13 Å². The van der Waals surface area contributed by atoms with Gasteiger partial charge in [0.15, 0.2) is 5.11 Å². The molecule has 0 atom stereocenters. The van der Waals surface area contributed by atoms with Crippen LogP contribution in [0.25, 0.3) is 0 Å². The fourth-order valence-electron chi connectivity index (χ4n) is 1.81. The molecule has 0 fully saturated rings. The first kappa shape index (κ1) is 17.6. The lowest BCUT2D eigenvalue weighted by molar-refractivity contribution is 0.0977. The van der Waals surface area contributed by atoms with Crippen LogP contribution in [-0.4, -0.2) is 17.6 Å². The Morgan fingerprint density at radius 3 is 2.78 bits per heavy atom. The highest BCUT2D eigenvalue weighted by Gasteiger charge is 2.10. The van der Waals surface area contributed by atoms with Crippen LogP contribution in [0, 0.1) is 9.39 Å². The number of halogens is 2. The third-order valence-corrected chi connectivity index (χ3v) is 3.69. The number of hydrogen-bond donors (Lipinski definition) is 2. The van der Waals surface area contributed by atoms with E-state index >= 15 is 0 Å². The third kappa shape index (κ3) is 5.14. The Morgan fingerprint density at radius 1 is 1.30 bits per heavy atom. The predicted octanol–water partition coefficient (Wildman–Crippen LogP) is 3.96. The number of carbonyl (C=O) groups excluding carboxylic acids is 1. The fourth-order valence-corrected chi connectivity index (χ4v) is 2.47. The van der Waals surface area contributed by atoms with Crippen LogP contribution in [-0.2, 0) is 0 Å². The van der Waals surface area contributed by atoms with E-state index in [1.807, 2.05) is 29.5 Å². The smallest absolute Gasteiger partial charge is 0.257 e. The molecule has 0 heterocycles. The van der Waals surface area contributed by atoms with Crippen molar-refractivity contribution < 1.29 is 13.9 Å². The number of hydrogen-bond acceptors (Lipinski definition) is 3. The molecule has 0 aliphatic rings.